The van der Waals surface area contributed by atoms with Crippen LogP contribution in [0.15, 0.2) is 138 Å². The predicted molar refractivity (Wildman–Crippen MR) is 169 cm³/mol. The van der Waals surface area contributed by atoms with Crippen molar-refractivity contribution in [1.82, 2.24) is 4.98 Å². The Labute approximate surface area is 234 Å². The molecular weight excluding hydrogens is 529 g/mol. The fourth-order valence-corrected chi connectivity index (χ4v) is 9.42. The summed E-state index contributed by atoms with van der Waals surface area (Å²) in [6.07, 6.45) is 3.56. The molecule has 5 aromatic carbocycles. The number of thiophene rings is 1. The molecule has 0 amide bonds. The molecule has 5 heteroatoms. The number of furan rings is 1. The second kappa shape index (κ2) is 9.02. The molecule has 190 valence electrons. The lowest BCUT2D eigenvalue weighted by molar-refractivity contribution is 0.592. The standard InChI is InChI=1S/C35H22NO2PS/c37-39(25-7-3-1-4-8-25,26-9-5-2-6-10-26)27-13-16-35-31(21-27)30-20-24(12-15-34(30)40-35)23-11-14-32-29(19-23)28-17-18-36-22-33(28)38-32/h1-22H. The predicted octanol–water partition coefficient (Wildman–Crippen LogP) is 8.66. The zero-order chi connectivity index (χ0) is 26.7. The summed E-state index contributed by atoms with van der Waals surface area (Å²) in [5.74, 6) is 0. The van der Waals surface area contributed by atoms with Crippen LogP contribution in [0.2, 0.25) is 0 Å². The maximum absolute atomic E-state index is 15.0. The Hall–Kier alpha value is -4.50. The highest BCUT2D eigenvalue weighted by Crippen LogP contribution is 2.45. The number of nitrogens with zero attached hydrogens (tertiary/aromatic N) is 1. The normalized spacial score (nSPS) is 12.1. The van der Waals surface area contributed by atoms with E-state index >= 15 is 4.57 Å². The van der Waals surface area contributed by atoms with Crippen LogP contribution in [0.5, 0.6) is 0 Å². The quantitative estimate of drug-likeness (QED) is 0.206. The van der Waals surface area contributed by atoms with E-state index in [-0.39, 0.29) is 0 Å². The van der Waals surface area contributed by atoms with Crippen molar-refractivity contribution in [1.29, 1.82) is 0 Å². The molecule has 3 nitrogen and oxygen atoms in total. The van der Waals surface area contributed by atoms with Gasteiger partial charge in [-0.3, -0.25) is 4.98 Å². The molecule has 3 heterocycles. The van der Waals surface area contributed by atoms with E-state index in [2.05, 4.69) is 47.4 Å². The van der Waals surface area contributed by atoms with Crippen LogP contribution in [-0.2, 0) is 4.57 Å². The van der Waals surface area contributed by atoms with E-state index in [0.717, 1.165) is 54.4 Å². The van der Waals surface area contributed by atoms with Gasteiger partial charge in [-0.15, -0.1) is 11.3 Å². The number of pyridine rings is 1. The zero-order valence-corrected chi connectivity index (χ0v) is 23.0. The Morgan fingerprint density at radius 3 is 1.90 bits per heavy atom. The molecule has 0 N–H and O–H groups in total. The van der Waals surface area contributed by atoms with Crippen LogP contribution in [-0.4, -0.2) is 4.98 Å². The van der Waals surface area contributed by atoms with E-state index < -0.39 is 7.14 Å². The minimum absolute atomic E-state index is 0.794. The summed E-state index contributed by atoms with van der Waals surface area (Å²) in [6.45, 7) is 0. The van der Waals surface area contributed by atoms with Crippen LogP contribution < -0.4 is 15.9 Å². The molecular formula is C35H22NO2PS. The van der Waals surface area contributed by atoms with Crippen LogP contribution in [0.25, 0.3) is 53.2 Å². The lowest BCUT2D eigenvalue weighted by Gasteiger charge is -2.20. The van der Waals surface area contributed by atoms with Gasteiger partial charge in [0.05, 0.1) is 6.20 Å². The first-order chi connectivity index (χ1) is 19.7. The molecule has 0 aliphatic rings. The highest BCUT2D eigenvalue weighted by molar-refractivity contribution is 7.85. The Kier molecular flexibility index (Phi) is 5.28. The molecule has 0 spiro atoms. The summed E-state index contributed by atoms with van der Waals surface area (Å²) in [4.78, 5) is 4.20. The van der Waals surface area contributed by atoms with Gasteiger partial charge in [-0.2, -0.15) is 0 Å². The van der Waals surface area contributed by atoms with Crippen LogP contribution in [0, 0.1) is 0 Å². The monoisotopic (exact) mass is 551 g/mol. The number of fused-ring (bicyclic) bond motifs is 6. The highest BCUT2D eigenvalue weighted by atomic mass is 32.1. The summed E-state index contributed by atoms with van der Waals surface area (Å²) in [5.41, 5.74) is 3.92. The number of benzene rings is 5. The van der Waals surface area contributed by atoms with Crippen LogP contribution in [0.3, 0.4) is 0 Å². The zero-order valence-electron chi connectivity index (χ0n) is 21.3. The molecule has 0 aliphatic carbocycles. The molecule has 0 bridgehead atoms. The first-order valence-electron chi connectivity index (χ1n) is 13.1. The fourth-order valence-electron chi connectivity index (χ4n) is 5.68. The van der Waals surface area contributed by atoms with E-state index in [0.29, 0.717) is 0 Å². The Morgan fingerprint density at radius 2 is 1.18 bits per heavy atom. The van der Waals surface area contributed by atoms with Crippen molar-refractivity contribution < 1.29 is 8.98 Å². The minimum atomic E-state index is -3.06. The van der Waals surface area contributed by atoms with Crippen LogP contribution >= 0.6 is 18.5 Å². The Morgan fingerprint density at radius 1 is 0.550 bits per heavy atom. The first kappa shape index (κ1) is 23.4. The lowest BCUT2D eigenvalue weighted by Crippen LogP contribution is -2.24. The van der Waals surface area contributed by atoms with Crippen molar-refractivity contribution >= 4 is 76.5 Å². The first-order valence-corrected chi connectivity index (χ1v) is 15.7. The summed E-state index contributed by atoms with van der Waals surface area (Å²) in [6, 6.07) is 41.0. The molecule has 8 rings (SSSR count). The molecule has 0 atom stereocenters. The topological polar surface area (TPSA) is 43.1 Å². The van der Waals surface area contributed by atoms with Gasteiger partial charge in [0.25, 0.3) is 0 Å². The van der Waals surface area contributed by atoms with E-state index in [1.807, 2.05) is 78.9 Å². The molecule has 0 fully saturated rings. The molecule has 0 aliphatic heterocycles. The van der Waals surface area contributed by atoms with Gasteiger partial charge < -0.3 is 8.98 Å². The summed E-state index contributed by atoms with van der Waals surface area (Å²) >= 11 is 1.77. The lowest BCUT2D eigenvalue weighted by atomic mass is 10.0. The molecule has 3 aromatic heterocycles. The molecule has 0 saturated carbocycles. The van der Waals surface area contributed by atoms with Crippen molar-refractivity contribution in [2.75, 3.05) is 0 Å². The highest BCUT2D eigenvalue weighted by Gasteiger charge is 2.30. The van der Waals surface area contributed by atoms with Crippen molar-refractivity contribution in [2.45, 2.75) is 0 Å². The Bertz CT molecular complexity index is 2210. The van der Waals surface area contributed by atoms with E-state index in [1.165, 1.54) is 14.8 Å². The van der Waals surface area contributed by atoms with Gasteiger partial charge in [0.15, 0.2) is 12.7 Å². The van der Waals surface area contributed by atoms with Gasteiger partial charge in [-0.05, 0) is 59.7 Å². The average molecular weight is 552 g/mol. The molecule has 0 saturated heterocycles. The van der Waals surface area contributed by atoms with Crippen molar-refractivity contribution in [2.24, 2.45) is 0 Å². The molecule has 8 aromatic rings. The largest absolute Gasteiger partial charge is 0.454 e. The second-order valence-electron chi connectivity index (χ2n) is 9.96. The van der Waals surface area contributed by atoms with Gasteiger partial charge in [0.1, 0.15) is 5.58 Å². The van der Waals surface area contributed by atoms with Gasteiger partial charge in [0.2, 0.25) is 0 Å². The SMILES string of the molecule is O=P(c1ccccc1)(c1ccccc1)c1ccc2sc3ccc(-c4ccc5oc6cnccc6c5c4)cc3c2c1. The number of aromatic nitrogens is 1. The van der Waals surface area contributed by atoms with Crippen molar-refractivity contribution in [3.63, 3.8) is 0 Å². The van der Waals surface area contributed by atoms with Gasteiger partial charge >= 0.3 is 0 Å². The minimum Gasteiger partial charge on any atom is -0.454 e. The Balaban J connectivity index is 1.32. The van der Waals surface area contributed by atoms with Crippen LogP contribution in [0.1, 0.15) is 0 Å². The summed E-state index contributed by atoms with van der Waals surface area (Å²) < 4.78 is 23.4. The third-order valence-corrected chi connectivity index (χ3v) is 11.9. The second-order valence-corrected chi connectivity index (χ2v) is 13.8. The molecule has 40 heavy (non-hydrogen) atoms. The van der Waals surface area contributed by atoms with Gasteiger partial charge in [-0.1, -0.05) is 72.8 Å². The fraction of sp³-hybridized carbons (Fsp3) is 0. The van der Waals surface area contributed by atoms with E-state index in [9.17, 15) is 0 Å². The maximum Gasteiger partial charge on any atom is 0.171 e. The number of rotatable bonds is 4. The van der Waals surface area contributed by atoms with Crippen LogP contribution in [0.4, 0.5) is 0 Å². The smallest absolute Gasteiger partial charge is 0.171 e. The van der Waals surface area contributed by atoms with E-state index in [1.54, 1.807) is 23.7 Å². The summed E-state index contributed by atoms with van der Waals surface area (Å²) in [5, 5.41) is 6.99. The average Bonchev–Trinajstić information content (AvgIpc) is 3.58. The van der Waals surface area contributed by atoms with Gasteiger partial charge in [0, 0.05) is 53.1 Å². The number of hydrogen-bond donors (Lipinski definition) is 0. The van der Waals surface area contributed by atoms with Crippen molar-refractivity contribution in [3.8, 4) is 11.1 Å². The van der Waals surface area contributed by atoms with Crippen molar-refractivity contribution in [3.05, 3.63) is 134 Å². The molecule has 0 radical (unpaired) electrons. The van der Waals surface area contributed by atoms with E-state index in [4.69, 9.17) is 4.42 Å². The number of hydrogen-bond acceptors (Lipinski definition) is 4. The molecule has 0 unspecified atom stereocenters. The van der Waals surface area contributed by atoms with Gasteiger partial charge in [-0.25, -0.2) is 0 Å². The third kappa shape index (κ3) is 3.57. The summed E-state index contributed by atoms with van der Waals surface area (Å²) in [7, 11) is -3.06. The maximum atomic E-state index is 15.0. The third-order valence-electron chi connectivity index (χ3n) is 7.66.